The Morgan fingerprint density at radius 3 is 2.80 bits per heavy atom. The SMILES string of the molecule is CC1CN(C(=O)N[C@@H](C)C(=O)O)CCS1. The van der Waals surface area contributed by atoms with Crippen LogP contribution in [0.5, 0.6) is 0 Å². The van der Waals surface area contributed by atoms with Crippen molar-refractivity contribution in [1.82, 2.24) is 10.2 Å². The molecule has 1 fully saturated rings. The predicted octanol–water partition coefficient (Wildman–Crippen LogP) is 0.606. The number of aliphatic carboxylic acids is 1. The van der Waals surface area contributed by atoms with Gasteiger partial charge in [-0.1, -0.05) is 6.92 Å². The molecule has 1 aliphatic rings. The summed E-state index contributed by atoms with van der Waals surface area (Å²) in [5.74, 6) is -0.0986. The molecule has 1 unspecified atom stereocenters. The molecule has 2 amide bonds. The number of hydrogen-bond donors (Lipinski definition) is 2. The van der Waals surface area contributed by atoms with Crippen molar-refractivity contribution in [2.24, 2.45) is 0 Å². The zero-order chi connectivity index (χ0) is 11.4. The quantitative estimate of drug-likeness (QED) is 0.731. The Morgan fingerprint density at radius 2 is 2.27 bits per heavy atom. The van der Waals surface area contributed by atoms with E-state index < -0.39 is 12.0 Å². The van der Waals surface area contributed by atoms with Crippen molar-refractivity contribution in [3.63, 3.8) is 0 Å². The van der Waals surface area contributed by atoms with Crippen LogP contribution < -0.4 is 5.32 Å². The fourth-order valence-electron chi connectivity index (χ4n) is 1.34. The number of carbonyl (C=O) groups excluding carboxylic acids is 1. The number of carboxylic acid groups (broad SMARTS) is 1. The summed E-state index contributed by atoms with van der Waals surface area (Å²) >= 11 is 1.83. The van der Waals surface area contributed by atoms with Crippen LogP contribution in [-0.4, -0.2) is 52.1 Å². The largest absolute Gasteiger partial charge is 0.480 e. The topological polar surface area (TPSA) is 69.6 Å². The predicted molar refractivity (Wildman–Crippen MR) is 59.1 cm³/mol. The summed E-state index contributed by atoms with van der Waals surface area (Å²) in [5.41, 5.74) is 0. The highest BCUT2D eigenvalue weighted by Crippen LogP contribution is 2.17. The van der Waals surface area contributed by atoms with Gasteiger partial charge in [0.1, 0.15) is 6.04 Å². The monoisotopic (exact) mass is 232 g/mol. The maximum Gasteiger partial charge on any atom is 0.325 e. The molecule has 0 saturated carbocycles. The Kier molecular flexibility index (Phi) is 4.26. The first kappa shape index (κ1) is 12.2. The minimum atomic E-state index is -1.01. The third-order valence-corrected chi connectivity index (χ3v) is 3.38. The molecule has 1 rings (SSSR count). The van der Waals surface area contributed by atoms with Crippen molar-refractivity contribution in [2.75, 3.05) is 18.8 Å². The number of carboxylic acids is 1. The zero-order valence-electron chi connectivity index (χ0n) is 8.90. The van der Waals surface area contributed by atoms with E-state index in [1.54, 1.807) is 4.90 Å². The van der Waals surface area contributed by atoms with Crippen molar-refractivity contribution in [1.29, 1.82) is 0 Å². The van der Waals surface area contributed by atoms with Crippen LogP contribution in [0.2, 0.25) is 0 Å². The van der Waals surface area contributed by atoms with Gasteiger partial charge in [0.15, 0.2) is 0 Å². The highest BCUT2D eigenvalue weighted by molar-refractivity contribution is 7.99. The van der Waals surface area contributed by atoms with E-state index in [1.165, 1.54) is 6.92 Å². The van der Waals surface area contributed by atoms with Crippen LogP contribution in [0.25, 0.3) is 0 Å². The minimum absolute atomic E-state index is 0.281. The van der Waals surface area contributed by atoms with Crippen LogP contribution >= 0.6 is 11.8 Å². The summed E-state index contributed by atoms with van der Waals surface area (Å²) in [6.07, 6.45) is 0. The van der Waals surface area contributed by atoms with Gasteiger partial charge in [-0.05, 0) is 6.92 Å². The van der Waals surface area contributed by atoms with Gasteiger partial charge in [-0.2, -0.15) is 11.8 Å². The van der Waals surface area contributed by atoms with Crippen molar-refractivity contribution < 1.29 is 14.7 Å². The molecule has 1 saturated heterocycles. The van der Waals surface area contributed by atoms with E-state index >= 15 is 0 Å². The second kappa shape index (κ2) is 5.25. The van der Waals surface area contributed by atoms with Crippen LogP contribution in [0.3, 0.4) is 0 Å². The van der Waals surface area contributed by atoms with Gasteiger partial charge in [-0.15, -0.1) is 0 Å². The molecule has 1 heterocycles. The van der Waals surface area contributed by atoms with Gasteiger partial charge in [0.2, 0.25) is 0 Å². The molecule has 86 valence electrons. The fourth-order valence-corrected chi connectivity index (χ4v) is 2.35. The van der Waals surface area contributed by atoms with Gasteiger partial charge in [-0.25, -0.2) is 4.79 Å². The maximum absolute atomic E-state index is 11.6. The van der Waals surface area contributed by atoms with E-state index in [4.69, 9.17) is 5.11 Å². The lowest BCUT2D eigenvalue weighted by Crippen LogP contribution is -2.50. The first-order chi connectivity index (χ1) is 7.00. The summed E-state index contributed by atoms with van der Waals surface area (Å²) in [5, 5.41) is 11.5. The molecule has 5 nitrogen and oxygen atoms in total. The third kappa shape index (κ3) is 3.62. The highest BCUT2D eigenvalue weighted by atomic mass is 32.2. The summed E-state index contributed by atoms with van der Waals surface area (Å²) in [6.45, 7) is 4.89. The number of rotatable bonds is 2. The minimum Gasteiger partial charge on any atom is -0.480 e. The first-order valence-electron chi connectivity index (χ1n) is 4.90. The standard InChI is InChI=1S/C9H16N2O3S/c1-6-5-11(3-4-15-6)9(14)10-7(2)8(12)13/h6-7H,3-5H2,1-2H3,(H,10,14)(H,12,13)/t6?,7-/m0/s1. The van der Waals surface area contributed by atoms with E-state index in [1.807, 2.05) is 11.8 Å². The number of thioether (sulfide) groups is 1. The third-order valence-electron chi connectivity index (χ3n) is 2.24. The van der Waals surface area contributed by atoms with Crippen LogP contribution in [0.4, 0.5) is 4.79 Å². The number of urea groups is 1. The molecule has 0 radical (unpaired) electrons. The number of amides is 2. The molecule has 0 aromatic heterocycles. The number of hydrogen-bond acceptors (Lipinski definition) is 3. The smallest absolute Gasteiger partial charge is 0.325 e. The Bertz CT molecular complexity index is 260. The van der Waals surface area contributed by atoms with Crippen LogP contribution in [0, 0.1) is 0 Å². The number of nitrogens with one attached hydrogen (secondary N) is 1. The summed E-state index contributed by atoms with van der Waals surface area (Å²) in [7, 11) is 0. The molecule has 0 aromatic rings. The van der Waals surface area contributed by atoms with Crippen LogP contribution in [0.1, 0.15) is 13.8 Å². The first-order valence-corrected chi connectivity index (χ1v) is 5.95. The summed E-state index contributed by atoms with van der Waals surface area (Å²) in [6, 6.07) is -1.11. The van der Waals surface area contributed by atoms with Gasteiger partial charge >= 0.3 is 12.0 Å². The van der Waals surface area contributed by atoms with Gasteiger partial charge in [0.25, 0.3) is 0 Å². The molecule has 15 heavy (non-hydrogen) atoms. The molecule has 6 heteroatoms. The van der Waals surface area contributed by atoms with Crippen molar-refractivity contribution >= 4 is 23.8 Å². The molecule has 2 N–H and O–H groups in total. The van der Waals surface area contributed by atoms with Gasteiger partial charge in [0, 0.05) is 24.1 Å². The molecule has 0 bridgehead atoms. The maximum atomic E-state index is 11.6. The Morgan fingerprint density at radius 1 is 1.60 bits per heavy atom. The Labute approximate surface area is 93.2 Å². The number of carbonyl (C=O) groups is 2. The van der Waals surface area contributed by atoms with E-state index in [0.29, 0.717) is 18.3 Å². The van der Waals surface area contributed by atoms with Crippen LogP contribution in [-0.2, 0) is 4.79 Å². The summed E-state index contributed by atoms with van der Waals surface area (Å²) < 4.78 is 0. The molecular weight excluding hydrogens is 216 g/mol. The number of nitrogens with zero attached hydrogens (tertiary/aromatic N) is 1. The van der Waals surface area contributed by atoms with E-state index in [9.17, 15) is 9.59 Å². The Balaban J connectivity index is 2.42. The van der Waals surface area contributed by atoms with Crippen LogP contribution in [0.15, 0.2) is 0 Å². The molecule has 1 aliphatic heterocycles. The Hall–Kier alpha value is -0.910. The highest BCUT2D eigenvalue weighted by Gasteiger charge is 2.23. The molecule has 0 aromatic carbocycles. The fraction of sp³-hybridized carbons (Fsp3) is 0.778. The molecule has 0 spiro atoms. The van der Waals surface area contributed by atoms with E-state index in [-0.39, 0.29) is 6.03 Å². The lowest BCUT2D eigenvalue weighted by Gasteiger charge is -2.31. The molecule has 0 aliphatic carbocycles. The molecule has 2 atom stereocenters. The summed E-state index contributed by atoms with van der Waals surface area (Å²) in [4.78, 5) is 23.8. The van der Waals surface area contributed by atoms with E-state index in [0.717, 1.165) is 5.75 Å². The lowest BCUT2D eigenvalue weighted by molar-refractivity contribution is -0.138. The van der Waals surface area contributed by atoms with Gasteiger partial charge in [0.05, 0.1) is 0 Å². The van der Waals surface area contributed by atoms with Crippen molar-refractivity contribution in [3.8, 4) is 0 Å². The second-order valence-electron chi connectivity index (χ2n) is 3.64. The van der Waals surface area contributed by atoms with Crippen molar-refractivity contribution in [3.05, 3.63) is 0 Å². The van der Waals surface area contributed by atoms with E-state index in [2.05, 4.69) is 12.2 Å². The average molecular weight is 232 g/mol. The second-order valence-corrected chi connectivity index (χ2v) is 5.18. The average Bonchev–Trinajstić information content (AvgIpc) is 2.17. The zero-order valence-corrected chi connectivity index (χ0v) is 9.71. The van der Waals surface area contributed by atoms with Crippen molar-refractivity contribution in [2.45, 2.75) is 25.1 Å². The normalized spacial score (nSPS) is 23.3. The lowest BCUT2D eigenvalue weighted by atomic mass is 10.3. The van der Waals surface area contributed by atoms with Gasteiger partial charge in [-0.3, -0.25) is 4.79 Å². The molecular formula is C9H16N2O3S. The van der Waals surface area contributed by atoms with Gasteiger partial charge < -0.3 is 15.3 Å².